The molecule has 1 atom stereocenters. The molecule has 22 heavy (non-hydrogen) atoms. The molecule has 0 bridgehead atoms. The minimum Gasteiger partial charge on any atom is -0.377 e. The van der Waals surface area contributed by atoms with Gasteiger partial charge in [-0.1, -0.05) is 41.8 Å². The highest BCUT2D eigenvalue weighted by molar-refractivity contribution is 5.94. The van der Waals surface area contributed by atoms with E-state index in [2.05, 4.69) is 67.7 Å². The first-order chi connectivity index (χ1) is 10.7. The fourth-order valence-corrected chi connectivity index (χ4v) is 2.92. The molecule has 3 rings (SSSR count). The first-order valence-electron chi connectivity index (χ1n) is 8.18. The standard InChI is InChI=1S/C20H24N2/c1-15-7-11-17(12-8-15)21-19-5-3-4-6-20(19)22-18-13-9-16(2)10-14-18/h7-14,19,21H,3-6H2,1-2H3. The Bertz CT molecular complexity index is 638. The van der Waals surface area contributed by atoms with Crippen molar-refractivity contribution in [2.45, 2.75) is 45.6 Å². The molecule has 2 aromatic rings. The first kappa shape index (κ1) is 14.8. The van der Waals surface area contributed by atoms with Crippen molar-refractivity contribution in [3.8, 4) is 0 Å². The number of benzene rings is 2. The molecule has 0 spiro atoms. The predicted molar refractivity (Wildman–Crippen MR) is 95.3 cm³/mol. The van der Waals surface area contributed by atoms with E-state index in [0.717, 1.165) is 12.1 Å². The van der Waals surface area contributed by atoms with Crippen molar-refractivity contribution in [2.75, 3.05) is 5.32 Å². The van der Waals surface area contributed by atoms with Crippen LogP contribution in [-0.2, 0) is 0 Å². The van der Waals surface area contributed by atoms with Gasteiger partial charge in [0.15, 0.2) is 0 Å². The Hall–Kier alpha value is -2.09. The summed E-state index contributed by atoms with van der Waals surface area (Å²) in [6, 6.07) is 17.5. The molecule has 0 radical (unpaired) electrons. The molecule has 1 fully saturated rings. The van der Waals surface area contributed by atoms with Crippen LogP contribution >= 0.6 is 0 Å². The van der Waals surface area contributed by atoms with Crippen molar-refractivity contribution in [1.82, 2.24) is 0 Å². The van der Waals surface area contributed by atoms with E-state index in [0.29, 0.717) is 6.04 Å². The summed E-state index contributed by atoms with van der Waals surface area (Å²) in [4.78, 5) is 4.91. The van der Waals surface area contributed by atoms with Crippen LogP contribution in [0.5, 0.6) is 0 Å². The number of nitrogens with zero attached hydrogens (tertiary/aromatic N) is 1. The van der Waals surface area contributed by atoms with Gasteiger partial charge in [-0.2, -0.15) is 0 Å². The maximum Gasteiger partial charge on any atom is 0.0646 e. The second-order valence-electron chi connectivity index (χ2n) is 6.25. The first-order valence-corrected chi connectivity index (χ1v) is 8.18. The number of hydrogen-bond acceptors (Lipinski definition) is 2. The lowest BCUT2D eigenvalue weighted by Gasteiger charge is -2.26. The van der Waals surface area contributed by atoms with E-state index < -0.39 is 0 Å². The molecule has 0 saturated heterocycles. The third kappa shape index (κ3) is 3.76. The van der Waals surface area contributed by atoms with Gasteiger partial charge in [0.25, 0.3) is 0 Å². The molecule has 114 valence electrons. The molecular formula is C20H24N2. The third-order valence-electron chi connectivity index (χ3n) is 4.28. The molecule has 1 unspecified atom stereocenters. The molecule has 2 heteroatoms. The average Bonchev–Trinajstić information content (AvgIpc) is 2.54. The van der Waals surface area contributed by atoms with Crippen LogP contribution in [0.2, 0.25) is 0 Å². The van der Waals surface area contributed by atoms with E-state index >= 15 is 0 Å². The van der Waals surface area contributed by atoms with Crippen LogP contribution in [0.25, 0.3) is 0 Å². The summed E-state index contributed by atoms with van der Waals surface area (Å²) in [6.07, 6.45) is 4.78. The predicted octanol–water partition coefficient (Wildman–Crippen LogP) is 5.43. The van der Waals surface area contributed by atoms with Gasteiger partial charge in [0, 0.05) is 11.4 Å². The van der Waals surface area contributed by atoms with Crippen molar-refractivity contribution in [3.63, 3.8) is 0 Å². The topological polar surface area (TPSA) is 24.4 Å². The quantitative estimate of drug-likeness (QED) is 0.801. The van der Waals surface area contributed by atoms with E-state index in [1.54, 1.807) is 0 Å². The monoisotopic (exact) mass is 292 g/mol. The van der Waals surface area contributed by atoms with Crippen LogP contribution in [0.4, 0.5) is 11.4 Å². The van der Waals surface area contributed by atoms with Crippen molar-refractivity contribution >= 4 is 17.1 Å². The molecule has 2 nitrogen and oxygen atoms in total. The van der Waals surface area contributed by atoms with Gasteiger partial charge in [-0.25, -0.2) is 0 Å². The normalized spacial score (nSPS) is 20.1. The Kier molecular flexibility index (Phi) is 4.57. The van der Waals surface area contributed by atoms with Crippen LogP contribution in [0, 0.1) is 13.8 Å². The van der Waals surface area contributed by atoms with Crippen LogP contribution in [0.3, 0.4) is 0 Å². The van der Waals surface area contributed by atoms with Gasteiger partial charge in [-0.05, 0) is 57.4 Å². The van der Waals surface area contributed by atoms with Gasteiger partial charge in [0.2, 0.25) is 0 Å². The van der Waals surface area contributed by atoms with E-state index in [-0.39, 0.29) is 0 Å². The summed E-state index contributed by atoms with van der Waals surface area (Å²) in [7, 11) is 0. The van der Waals surface area contributed by atoms with E-state index in [9.17, 15) is 0 Å². The van der Waals surface area contributed by atoms with Crippen molar-refractivity contribution < 1.29 is 0 Å². The molecular weight excluding hydrogens is 268 g/mol. The zero-order chi connectivity index (χ0) is 15.4. The SMILES string of the molecule is Cc1ccc(N=C2CCCCC2Nc2ccc(C)cc2)cc1. The summed E-state index contributed by atoms with van der Waals surface area (Å²) >= 11 is 0. The second-order valence-corrected chi connectivity index (χ2v) is 6.25. The van der Waals surface area contributed by atoms with Crippen LogP contribution < -0.4 is 5.32 Å². The number of hydrogen-bond donors (Lipinski definition) is 1. The lowest BCUT2D eigenvalue weighted by atomic mass is 9.92. The summed E-state index contributed by atoms with van der Waals surface area (Å²) in [5.74, 6) is 0. The zero-order valence-electron chi connectivity index (χ0n) is 13.5. The Labute approximate surface area is 133 Å². The van der Waals surface area contributed by atoms with Gasteiger partial charge in [0.1, 0.15) is 0 Å². The smallest absolute Gasteiger partial charge is 0.0646 e. The molecule has 0 aromatic heterocycles. The lowest BCUT2D eigenvalue weighted by molar-refractivity contribution is 0.628. The summed E-state index contributed by atoms with van der Waals surface area (Å²) in [5, 5.41) is 3.66. The maximum atomic E-state index is 4.91. The molecule has 0 amide bonds. The van der Waals surface area contributed by atoms with Gasteiger partial charge in [0.05, 0.1) is 11.7 Å². The van der Waals surface area contributed by atoms with E-state index in [1.165, 1.54) is 41.8 Å². The van der Waals surface area contributed by atoms with Gasteiger partial charge >= 0.3 is 0 Å². The molecule has 1 aliphatic rings. The van der Waals surface area contributed by atoms with Gasteiger partial charge in [-0.15, -0.1) is 0 Å². The molecule has 1 N–H and O–H groups in total. The third-order valence-corrected chi connectivity index (χ3v) is 4.28. The number of anilines is 1. The molecule has 0 heterocycles. The highest BCUT2D eigenvalue weighted by Crippen LogP contribution is 2.23. The van der Waals surface area contributed by atoms with Crippen molar-refractivity contribution in [2.24, 2.45) is 4.99 Å². The van der Waals surface area contributed by atoms with Crippen LogP contribution in [0.1, 0.15) is 36.8 Å². The largest absolute Gasteiger partial charge is 0.377 e. The molecule has 1 aliphatic carbocycles. The summed E-state index contributed by atoms with van der Waals surface area (Å²) in [5.41, 5.74) is 6.12. The minimum absolute atomic E-state index is 0.359. The lowest BCUT2D eigenvalue weighted by Crippen LogP contribution is -2.32. The fraction of sp³-hybridized carbons (Fsp3) is 0.350. The number of rotatable bonds is 3. The highest BCUT2D eigenvalue weighted by Gasteiger charge is 2.20. The number of aryl methyl sites for hydroxylation is 2. The highest BCUT2D eigenvalue weighted by atomic mass is 15.0. The van der Waals surface area contributed by atoms with Crippen LogP contribution in [-0.4, -0.2) is 11.8 Å². The second kappa shape index (κ2) is 6.78. The maximum absolute atomic E-state index is 4.91. The van der Waals surface area contributed by atoms with Crippen molar-refractivity contribution in [3.05, 3.63) is 59.7 Å². The zero-order valence-corrected chi connectivity index (χ0v) is 13.5. The Morgan fingerprint density at radius 2 is 1.50 bits per heavy atom. The van der Waals surface area contributed by atoms with Crippen molar-refractivity contribution in [1.29, 1.82) is 0 Å². The van der Waals surface area contributed by atoms with E-state index in [4.69, 9.17) is 4.99 Å². The van der Waals surface area contributed by atoms with E-state index in [1.807, 2.05) is 0 Å². The Balaban J connectivity index is 1.78. The van der Waals surface area contributed by atoms with Gasteiger partial charge in [-0.3, -0.25) is 4.99 Å². The molecule has 0 aliphatic heterocycles. The Morgan fingerprint density at radius 3 is 2.18 bits per heavy atom. The summed E-state index contributed by atoms with van der Waals surface area (Å²) < 4.78 is 0. The molecule has 2 aromatic carbocycles. The summed E-state index contributed by atoms with van der Waals surface area (Å²) in [6.45, 7) is 4.23. The average molecular weight is 292 g/mol. The number of aliphatic imine (C=N–C) groups is 1. The molecule has 1 saturated carbocycles. The Morgan fingerprint density at radius 1 is 0.864 bits per heavy atom. The van der Waals surface area contributed by atoms with Gasteiger partial charge < -0.3 is 5.32 Å². The van der Waals surface area contributed by atoms with Crippen LogP contribution in [0.15, 0.2) is 53.5 Å². The minimum atomic E-state index is 0.359. The fourth-order valence-electron chi connectivity index (χ4n) is 2.92. The number of nitrogens with one attached hydrogen (secondary N) is 1.